The first-order chi connectivity index (χ1) is 7.22. The van der Waals surface area contributed by atoms with E-state index >= 15 is 0 Å². The molecule has 2 unspecified atom stereocenters. The molecule has 0 aromatic heterocycles. The summed E-state index contributed by atoms with van der Waals surface area (Å²) >= 11 is 0. The first kappa shape index (κ1) is 12.2. The van der Waals surface area contributed by atoms with Crippen molar-refractivity contribution in [3.8, 4) is 0 Å². The first-order valence-electron chi connectivity index (χ1n) is 3.81. The molecule has 0 fully saturated rings. The summed E-state index contributed by atoms with van der Waals surface area (Å²) in [6.07, 6.45) is -0.130. The molecule has 1 aliphatic rings. The molecule has 0 aromatic rings. The Kier molecular flexibility index (Phi) is 2.76. The van der Waals surface area contributed by atoms with Crippen LogP contribution in [0.3, 0.4) is 0 Å². The highest BCUT2D eigenvalue weighted by atomic mass is 19.2. The van der Waals surface area contributed by atoms with Gasteiger partial charge in [0.25, 0.3) is 5.67 Å². The Hall–Kier alpha value is -1.86. The fraction of sp³-hybridized carbons (Fsp3) is 0.250. The molecule has 1 rings (SSSR count). The van der Waals surface area contributed by atoms with Crippen LogP contribution >= 0.6 is 0 Å². The smallest absolute Gasteiger partial charge is 0.350 e. The molecule has 0 radical (unpaired) electrons. The van der Waals surface area contributed by atoms with Crippen LogP contribution in [0.5, 0.6) is 0 Å². The van der Waals surface area contributed by atoms with E-state index in [4.69, 9.17) is 10.2 Å². The van der Waals surface area contributed by atoms with Crippen LogP contribution < -0.4 is 0 Å². The van der Waals surface area contributed by atoms with Crippen LogP contribution in [0.25, 0.3) is 0 Å². The van der Waals surface area contributed by atoms with E-state index in [1.165, 1.54) is 0 Å². The number of alkyl halides is 1. The number of hydrogen-bond acceptors (Lipinski definition) is 2. The van der Waals surface area contributed by atoms with Gasteiger partial charge in [0.1, 0.15) is 5.92 Å². The molecule has 2 N–H and O–H groups in total. The molecule has 16 heavy (non-hydrogen) atoms. The molecule has 8 heteroatoms. The molecule has 0 spiro atoms. The molecule has 0 aromatic carbocycles. The van der Waals surface area contributed by atoms with Gasteiger partial charge in [-0.15, -0.1) is 0 Å². The molecule has 2 atom stereocenters. The zero-order chi connectivity index (χ0) is 12.7. The van der Waals surface area contributed by atoms with Gasteiger partial charge in [-0.1, -0.05) is 0 Å². The maximum absolute atomic E-state index is 13.6. The molecule has 0 saturated carbocycles. The van der Waals surface area contributed by atoms with E-state index in [9.17, 15) is 27.2 Å². The number of carboxylic acid groups (broad SMARTS) is 2. The fourth-order valence-corrected chi connectivity index (χ4v) is 1.20. The highest BCUT2D eigenvalue weighted by molar-refractivity contribution is 5.91. The summed E-state index contributed by atoms with van der Waals surface area (Å²) in [5, 5.41) is 16.8. The molecule has 0 amide bonds. The van der Waals surface area contributed by atoms with Gasteiger partial charge in [-0.25, -0.2) is 22.4 Å². The minimum atomic E-state index is -4.13. The van der Waals surface area contributed by atoms with E-state index in [0.29, 0.717) is 0 Å². The molecule has 0 bridgehead atoms. The summed E-state index contributed by atoms with van der Waals surface area (Å²) in [5.74, 6) is -14.2. The third kappa shape index (κ3) is 1.46. The van der Waals surface area contributed by atoms with Crippen LogP contribution in [-0.4, -0.2) is 27.8 Å². The van der Waals surface area contributed by atoms with Crippen molar-refractivity contribution in [3.63, 3.8) is 0 Å². The van der Waals surface area contributed by atoms with Gasteiger partial charge in [-0.05, 0) is 6.08 Å². The Labute approximate surface area is 85.5 Å². The number of carbonyl (C=O) groups is 2. The Balaban J connectivity index is 3.44. The Morgan fingerprint density at radius 2 is 1.75 bits per heavy atom. The van der Waals surface area contributed by atoms with E-state index in [0.717, 1.165) is 0 Å². The predicted molar refractivity (Wildman–Crippen MR) is 41.0 cm³/mol. The van der Waals surface area contributed by atoms with Crippen molar-refractivity contribution in [2.75, 3.05) is 0 Å². The zero-order valence-electron chi connectivity index (χ0n) is 7.38. The number of hydrogen-bond donors (Lipinski definition) is 2. The molecule has 88 valence electrons. The van der Waals surface area contributed by atoms with Gasteiger partial charge in [0.15, 0.2) is 17.5 Å². The third-order valence-corrected chi connectivity index (χ3v) is 2.04. The van der Waals surface area contributed by atoms with Crippen molar-refractivity contribution < 1.29 is 37.4 Å². The van der Waals surface area contributed by atoms with Crippen LogP contribution in [-0.2, 0) is 9.59 Å². The normalized spacial score (nSPS) is 30.0. The van der Waals surface area contributed by atoms with Gasteiger partial charge in [0.2, 0.25) is 0 Å². The predicted octanol–water partition coefficient (Wildman–Crippen LogP) is 1.50. The Bertz CT molecular complexity index is 428. The SMILES string of the molecule is O=C(O)C1C=C(F)C(F)=C(F)C1(F)C(=O)O. The number of halogens is 4. The maximum atomic E-state index is 13.6. The van der Waals surface area contributed by atoms with Crippen LogP contribution in [0.15, 0.2) is 23.6 Å². The van der Waals surface area contributed by atoms with Gasteiger partial charge in [0, 0.05) is 0 Å². The van der Waals surface area contributed by atoms with Crippen LogP contribution in [0, 0.1) is 5.92 Å². The van der Waals surface area contributed by atoms with Crippen molar-refractivity contribution in [3.05, 3.63) is 23.6 Å². The van der Waals surface area contributed by atoms with Gasteiger partial charge in [-0.2, -0.15) is 0 Å². The summed E-state index contributed by atoms with van der Waals surface area (Å²) in [6.45, 7) is 0. The van der Waals surface area contributed by atoms with E-state index in [-0.39, 0.29) is 6.08 Å². The van der Waals surface area contributed by atoms with Crippen LogP contribution in [0.2, 0.25) is 0 Å². The standard InChI is InChI=1S/C8H4F4O4/c9-3-1-2(6(13)14)8(12,7(15)16)5(11)4(3)10/h1-2H,(H,13,14)(H,15,16). The Morgan fingerprint density at radius 1 is 1.25 bits per heavy atom. The highest BCUT2D eigenvalue weighted by Crippen LogP contribution is 2.42. The molecular formula is C8H4F4O4. The average molecular weight is 240 g/mol. The van der Waals surface area contributed by atoms with Crippen molar-refractivity contribution >= 4 is 11.9 Å². The number of carboxylic acids is 2. The van der Waals surface area contributed by atoms with Gasteiger partial charge in [-0.3, -0.25) is 4.79 Å². The summed E-state index contributed by atoms with van der Waals surface area (Å²) in [7, 11) is 0. The molecular weight excluding hydrogens is 236 g/mol. The summed E-state index contributed by atoms with van der Waals surface area (Å²) in [6, 6.07) is 0. The minimum Gasteiger partial charge on any atom is -0.481 e. The van der Waals surface area contributed by atoms with Crippen molar-refractivity contribution in [1.29, 1.82) is 0 Å². The lowest BCUT2D eigenvalue weighted by atomic mass is 9.83. The van der Waals surface area contributed by atoms with E-state index in [1.54, 1.807) is 0 Å². The molecule has 0 aliphatic heterocycles. The largest absolute Gasteiger partial charge is 0.481 e. The summed E-state index contributed by atoms with van der Waals surface area (Å²) in [5.41, 5.74) is -4.13. The average Bonchev–Trinajstić information content (AvgIpc) is 2.19. The lowest BCUT2D eigenvalue weighted by Gasteiger charge is -2.26. The molecule has 0 heterocycles. The van der Waals surface area contributed by atoms with E-state index in [2.05, 4.69) is 0 Å². The quantitative estimate of drug-likeness (QED) is 0.717. The summed E-state index contributed by atoms with van der Waals surface area (Å²) < 4.78 is 51.7. The van der Waals surface area contributed by atoms with E-state index < -0.39 is 41.0 Å². The second kappa shape index (κ2) is 3.62. The van der Waals surface area contributed by atoms with E-state index in [1.807, 2.05) is 0 Å². The maximum Gasteiger partial charge on any atom is 0.350 e. The fourth-order valence-electron chi connectivity index (χ4n) is 1.20. The second-order valence-corrected chi connectivity index (χ2v) is 2.98. The van der Waals surface area contributed by atoms with Crippen molar-refractivity contribution in [1.82, 2.24) is 0 Å². The van der Waals surface area contributed by atoms with Crippen molar-refractivity contribution in [2.45, 2.75) is 5.67 Å². The van der Waals surface area contributed by atoms with Crippen LogP contribution in [0.1, 0.15) is 0 Å². The molecule has 0 saturated heterocycles. The number of allylic oxidation sites excluding steroid dienone is 2. The lowest BCUT2D eigenvalue weighted by molar-refractivity contribution is -0.161. The highest BCUT2D eigenvalue weighted by Gasteiger charge is 2.58. The summed E-state index contributed by atoms with van der Waals surface area (Å²) in [4.78, 5) is 20.9. The number of aliphatic carboxylic acids is 2. The molecule has 1 aliphatic carbocycles. The minimum absolute atomic E-state index is 0.130. The van der Waals surface area contributed by atoms with Gasteiger partial charge in [0.05, 0.1) is 0 Å². The van der Waals surface area contributed by atoms with Crippen molar-refractivity contribution in [2.24, 2.45) is 5.92 Å². The first-order valence-corrected chi connectivity index (χ1v) is 3.81. The Morgan fingerprint density at radius 3 is 2.12 bits per heavy atom. The monoisotopic (exact) mass is 240 g/mol. The zero-order valence-corrected chi connectivity index (χ0v) is 7.38. The van der Waals surface area contributed by atoms with Crippen LogP contribution in [0.4, 0.5) is 17.6 Å². The second-order valence-electron chi connectivity index (χ2n) is 2.98. The topological polar surface area (TPSA) is 74.6 Å². The van der Waals surface area contributed by atoms with Gasteiger partial charge < -0.3 is 10.2 Å². The molecule has 4 nitrogen and oxygen atoms in total. The number of rotatable bonds is 2. The third-order valence-electron chi connectivity index (χ3n) is 2.04. The van der Waals surface area contributed by atoms with Gasteiger partial charge >= 0.3 is 11.9 Å². The lowest BCUT2D eigenvalue weighted by Crippen LogP contribution is -2.47.